The molecule has 80 valence electrons. The van der Waals surface area contributed by atoms with Crippen LogP contribution in [0.5, 0.6) is 0 Å². The van der Waals surface area contributed by atoms with Gasteiger partial charge in [-0.3, -0.25) is 5.10 Å². The second kappa shape index (κ2) is 2.95. The van der Waals surface area contributed by atoms with E-state index in [4.69, 9.17) is 4.42 Å². The van der Waals surface area contributed by atoms with Gasteiger partial charge in [0.25, 0.3) is 0 Å². The van der Waals surface area contributed by atoms with Crippen LogP contribution in [0.2, 0.25) is 0 Å². The van der Waals surface area contributed by atoms with Crippen LogP contribution in [0, 0.1) is 13.8 Å². The molecule has 2 aromatic heterocycles. The Labute approximate surface area is 90.9 Å². The highest BCUT2D eigenvalue weighted by Gasteiger charge is 2.11. The Morgan fingerprint density at radius 1 is 1.31 bits per heavy atom. The van der Waals surface area contributed by atoms with Crippen molar-refractivity contribution in [2.75, 3.05) is 0 Å². The predicted molar refractivity (Wildman–Crippen MR) is 61.6 cm³/mol. The van der Waals surface area contributed by atoms with Gasteiger partial charge in [0, 0.05) is 10.8 Å². The molecule has 0 radical (unpaired) electrons. The van der Waals surface area contributed by atoms with Crippen molar-refractivity contribution in [2.24, 2.45) is 0 Å². The standard InChI is InChI=1S/C12H10N2O2/c1-6-3-7(2)10-8-5-13-14-11(8)12(15)16-9(10)4-6/h3-5H,1-2H3,(H,13,14). The lowest BCUT2D eigenvalue weighted by atomic mass is 10.0. The molecule has 1 aromatic carbocycles. The summed E-state index contributed by atoms with van der Waals surface area (Å²) in [6, 6.07) is 3.94. The van der Waals surface area contributed by atoms with Crippen molar-refractivity contribution in [3.8, 4) is 0 Å². The van der Waals surface area contributed by atoms with Gasteiger partial charge in [0.2, 0.25) is 0 Å². The van der Waals surface area contributed by atoms with Crippen LogP contribution in [0.25, 0.3) is 21.9 Å². The number of fused-ring (bicyclic) bond motifs is 3. The van der Waals surface area contributed by atoms with Crippen molar-refractivity contribution in [2.45, 2.75) is 13.8 Å². The fraction of sp³-hybridized carbons (Fsp3) is 0.167. The molecule has 0 saturated heterocycles. The Bertz CT molecular complexity index is 753. The molecular formula is C12H10N2O2. The Hall–Kier alpha value is -2.10. The molecule has 0 aliphatic heterocycles. The summed E-state index contributed by atoms with van der Waals surface area (Å²) >= 11 is 0. The number of aryl methyl sites for hydroxylation is 2. The summed E-state index contributed by atoms with van der Waals surface area (Å²) in [5.41, 5.74) is 2.85. The van der Waals surface area contributed by atoms with Crippen LogP contribution in [-0.2, 0) is 0 Å². The number of H-pyrrole nitrogens is 1. The summed E-state index contributed by atoms with van der Waals surface area (Å²) in [6.45, 7) is 3.98. The SMILES string of the molecule is Cc1cc(C)c2c(c1)oc(=O)c1[nH]ncc12. The average molecular weight is 214 g/mol. The summed E-state index contributed by atoms with van der Waals surface area (Å²) in [7, 11) is 0. The summed E-state index contributed by atoms with van der Waals surface area (Å²) in [5, 5.41) is 8.33. The van der Waals surface area contributed by atoms with Gasteiger partial charge in [-0.15, -0.1) is 0 Å². The quantitative estimate of drug-likeness (QED) is 0.584. The predicted octanol–water partition coefficient (Wildman–Crippen LogP) is 2.29. The van der Waals surface area contributed by atoms with E-state index in [0.717, 1.165) is 21.9 Å². The minimum atomic E-state index is -0.370. The summed E-state index contributed by atoms with van der Waals surface area (Å²) in [5.74, 6) is 0. The average Bonchev–Trinajstić information content (AvgIpc) is 2.65. The van der Waals surface area contributed by atoms with Crippen LogP contribution < -0.4 is 5.63 Å². The van der Waals surface area contributed by atoms with E-state index in [1.807, 2.05) is 19.9 Å². The molecule has 2 heterocycles. The molecule has 4 nitrogen and oxygen atoms in total. The van der Waals surface area contributed by atoms with Crippen LogP contribution in [0.3, 0.4) is 0 Å². The Morgan fingerprint density at radius 2 is 2.12 bits per heavy atom. The lowest BCUT2D eigenvalue weighted by Gasteiger charge is -2.03. The van der Waals surface area contributed by atoms with Crippen molar-refractivity contribution >= 4 is 21.9 Å². The largest absolute Gasteiger partial charge is 0.421 e. The second-order valence-corrected chi connectivity index (χ2v) is 4.00. The van der Waals surface area contributed by atoms with Crippen LogP contribution in [0.15, 0.2) is 27.5 Å². The van der Waals surface area contributed by atoms with Crippen LogP contribution in [-0.4, -0.2) is 10.2 Å². The van der Waals surface area contributed by atoms with Crippen molar-refractivity contribution < 1.29 is 4.42 Å². The molecule has 0 atom stereocenters. The fourth-order valence-electron chi connectivity index (χ4n) is 2.14. The zero-order chi connectivity index (χ0) is 11.3. The fourth-order valence-corrected chi connectivity index (χ4v) is 2.14. The zero-order valence-corrected chi connectivity index (χ0v) is 9.00. The lowest BCUT2D eigenvalue weighted by molar-refractivity contribution is 0.567. The van der Waals surface area contributed by atoms with Crippen molar-refractivity contribution in [1.29, 1.82) is 0 Å². The van der Waals surface area contributed by atoms with E-state index < -0.39 is 0 Å². The van der Waals surface area contributed by atoms with Gasteiger partial charge in [-0.1, -0.05) is 6.07 Å². The lowest BCUT2D eigenvalue weighted by Crippen LogP contribution is -2.00. The van der Waals surface area contributed by atoms with E-state index >= 15 is 0 Å². The van der Waals surface area contributed by atoms with Crippen molar-refractivity contribution in [3.63, 3.8) is 0 Å². The summed E-state index contributed by atoms with van der Waals surface area (Å²) in [4.78, 5) is 11.6. The molecule has 0 amide bonds. The molecule has 0 bridgehead atoms. The number of hydrogen-bond acceptors (Lipinski definition) is 3. The minimum absolute atomic E-state index is 0.370. The molecule has 0 aliphatic carbocycles. The number of nitrogens with one attached hydrogen (secondary N) is 1. The number of hydrogen-bond donors (Lipinski definition) is 1. The molecule has 0 fully saturated rings. The van der Waals surface area contributed by atoms with E-state index in [-0.39, 0.29) is 5.63 Å². The van der Waals surface area contributed by atoms with E-state index in [1.54, 1.807) is 6.20 Å². The molecule has 3 rings (SSSR count). The molecule has 0 aliphatic rings. The summed E-state index contributed by atoms with van der Waals surface area (Å²) in [6.07, 6.45) is 1.66. The van der Waals surface area contributed by atoms with Crippen molar-refractivity contribution in [3.05, 3.63) is 39.9 Å². The molecule has 0 spiro atoms. The molecule has 0 saturated carbocycles. The van der Waals surface area contributed by atoms with Gasteiger partial charge in [-0.2, -0.15) is 5.10 Å². The number of benzene rings is 1. The van der Waals surface area contributed by atoms with E-state index in [9.17, 15) is 4.79 Å². The highest BCUT2D eigenvalue weighted by Crippen LogP contribution is 2.25. The van der Waals surface area contributed by atoms with Gasteiger partial charge in [0.15, 0.2) is 5.52 Å². The maximum atomic E-state index is 11.6. The first-order valence-electron chi connectivity index (χ1n) is 5.04. The molecule has 3 aromatic rings. The third-order valence-electron chi connectivity index (χ3n) is 2.76. The third kappa shape index (κ3) is 1.10. The van der Waals surface area contributed by atoms with Gasteiger partial charge in [-0.25, -0.2) is 4.79 Å². The van der Waals surface area contributed by atoms with Gasteiger partial charge in [0.1, 0.15) is 5.58 Å². The first-order chi connectivity index (χ1) is 7.66. The Kier molecular flexibility index (Phi) is 1.68. The highest BCUT2D eigenvalue weighted by atomic mass is 16.4. The van der Waals surface area contributed by atoms with Gasteiger partial charge < -0.3 is 4.42 Å². The normalized spacial score (nSPS) is 11.4. The topological polar surface area (TPSA) is 58.9 Å². The second-order valence-electron chi connectivity index (χ2n) is 4.00. The van der Waals surface area contributed by atoms with Crippen LogP contribution in [0.1, 0.15) is 11.1 Å². The monoisotopic (exact) mass is 214 g/mol. The highest BCUT2D eigenvalue weighted by molar-refractivity contribution is 6.04. The van der Waals surface area contributed by atoms with Crippen molar-refractivity contribution in [1.82, 2.24) is 10.2 Å². The van der Waals surface area contributed by atoms with Gasteiger partial charge >= 0.3 is 5.63 Å². The number of nitrogens with zero attached hydrogens (tertiary/aromatic N) is 1. The number of rotatable bonds is 0. The molecule has 16 heavy (non-hydrogen) atoms. The first kappa shape index (κ1) is 9.15. The Morgan fingerprint density at radius 3 is 2.94 bits per heavy atom. The molecule has 0 unspecified atom stereocenters. The minimum Gasteiger partial charge on any atom is -0.421 e. The molecule has 4 heteroatoms. The van der Waals surface area contributed by atoms with Gasteiger partial charge in [-0.05, 0) is 31.0 Å². The Balaban J connectivity index is 2.70. The first-order valence-corrected chi connectivity index (χ1v) is 5.04. The smallest absolute Gasteiger partial charge is 0.362 e. The third-order valence-corrected chi connectivity index (χ3v) is 2.76. The van der Waals surface area contributed by atoms with Crippen LogP contribution >= 0.6 is 0 Å². The number of aromatic amines is 1. The van der Waals surface area contributed by atoms with E-state index in [1.165, 1.54) is 0 Å². The molecular weight excluding hydrogens is 204 g/mol. The van der Waals surface area contributed by atoms with E-state index in [2.05, 4.69) is 16.3 Å². The number of aromatic nitrogens is 2. The summed E-state index contributed by atoms with van der Waals surface area (Å²) < 4.78 is 5.27. The molecule has 1 N–H and O–H groups in total. The maximum Gasteiger partial charge on any atom is 0.362 e. The van der Waals surface area contributed by atoms with Gasteiger partial charge in [0.05, 0.1) is 6.20 Å². The van der Waals surface area contributed by atoms with Crippen LogP contribution in [0.4, 0.5) is 0 Å². The maximum absolute atomic E-state index is 11.6. The van der Waals surface area contributed by atoms with E-state index in [0.29, 0.717) is 11.1 Å². The zero-order valence-electron chi connectivity index (χ0n) is 9.00.